The van der Waals surface area contributed by atoms with Gasteiger partial charge in [0.2, 0.25) is 11.8 Å². The van der Waals surface area contributed by atoms with Gasteiger partial charge in [0.1, 0.15) is 11.5 Å². The number of nitrogens with one attached hydrogen (secondary N) is 2. The summed E-state index contributed by atoms with van der Waals surface area (Å²) >= 11 is 0. The van der Waals surface area contributed by atoms with Crippen LogP contribution in [0, 0.1) is 5.92 Å². The highest BCUT2D eigenvalue weighted by Crippen LogP contribution is 2.13. The predicted molar refractivity (Wildman–Crippen MR) is 80.3 cm³/mol. The summed E-state index contributed by atoms with van der Waals surface area (Å²) in [7, 11) is 0. The van der Waals surface area contributed by atoms with Crippen LogP contribution in [0.3, 0.4) is 0 Å². The van der Waals surface area contributed by atoms with Crippen molar-refractivity contribution >= 4 is 35.6 Å². The first-order chi connectivity index (χ1) is 9.58. The topological polar surface area (TPSA) is 96.1 Å². The minimum atomic E-state index is -0.323. The minimum Gasteiger partial charge on any atom is -0.463 e. The summed E-state index contributed by atoms with van der Waals surface area (Å²) in [6.07, 6.45) is 2.17. The lowest BCUT2D eigenvalue weighted by atomic mass is 9.99. The zero-order chi connectivity index (χ0) is 14.5. The van der Waals surface area contributed by atoms with Crippen LogP contribution in [0.2, 0.25) is 0 Å². The molecular formula is C13H17ClN4O3. The van der Waals surface area contributed by atoms with Gasteiger partial charge in [0.25, 0.3) is 0 Å². The Balaban J connectivity index is 0.00000220. The number of hydrazone groups is 2. The second-order valence-electron chi connectivity index (χ2n) is 4.53. The van der Waals surface area contributed by atoms with Gasteiger partial charge in [-0.3, -0.25) is 9.59 Å². The highest BCUT2D eigenvalue weighted by atomic mass is 35.5. The normalized spacial score (nSPS) is 17.8. The van der Waals surface area contributed by atoms with E-state index in [2.05, 4.69) is 21.1 Å². The van der Waals surface area contributed by atoms with Gasteiger partial charge in [-0.25, -0.2) is 10.9 Å². The number of carbonyl (C=O) groups is 2. The lowest BCUT2D eigenvalue weighted by molar-refractivity contribution is -0.123. The molecule has 2 rings (SSSR count). The van der Waals surface area contributed by atoms with Crippen molar-refractivity contribution in [2.75, 3.05) is 0 Å². The zero-order valence-corrected chi connectivity index (χ0v) is 12.6. The Hall–Kier alpha value is -2.15. The molecule has 1 aromatic heterocycles. The Morgan fingerprint density at radius 1 is 1.57 bits per heavy atom. The molecule has 1 atom stereocenters. The summed E-state index contributed by atoms with van der Waals surface area (Å²) < 4.78 is 5.15. The van der Waals surface area contributed by atoms with E-state index in [1.807, 2.05) is 0 Å². The van der Waals surface area contributed by atoms with Crippen molar-refractivity contribution in [2.24, 2.45) is 16.1 Å². The number of hydrogen-bond donors (Lipinski definition) is 2. The molecule has 21 heavy (non-hydrogen) atoms. The van der Waals surface area contributed by atoms with Gasteiger partial charge in [-0.1, -0.05) is 0 Å². The molecule has 0 spiro atoms. The average molecular weight is 313 g/mol. The quantitative estimate of drug-likeness (QED) is 0.636. The molecule has 1 aromatic rings. The van der Waals surface area contributed by atoms with Crippen LogP contribution in [0.5, 0.6) is 0 Å². The number of hydrogen-bond acceptors (Lipinski definition) is 5. The van der Waals surface area contributed by atoms with Gasteiger partial charge in [0, 0.05) is 12.1 Å². The summed E-state index contributed by atoms with van der Waals surface area (Å²) in [6.45, 7) is 3.50. The van der Waals surface area contributed by atoms with E-state index in [-0.39, 0.29) is 36.6 Å². The van der Waals surface area contributed by atoms with E-state index in [4.69, 9.17) is 4.42 Å². The van der Waals surface area contributed by atoms with E-state index in [9.17, 15) is 9.59 Å². The van der Waals surface area contributed by atoms with E-state index >= 15 is 0 Å². The fourth-order valence-corrected chi connectivity index (χ4v) is 1.85. The zero-order valence-electron chi connectivity index (χ0n) is 11.8. The summed E-state index contributed by atoms with van der Waals surface area (Å²) in [5.74, 6) is -0.131. The van der Waals surface area contributed by atoms with Crippen LogP contribution in [-0.2, 0) is 9.59 Å². The smallest absolute Gasteiger partial charge is 0.248 e. The van der Waals surface area contributed by atoms with Gasteiger partial charge < -0.3 is 4.42 Å². The number of carbonyl (C=O) groups excluding carboxylic acids is 2. The van der Waals surface area contributed by atoms with E-state index in [1.165, 1.54) is 6.26 Å². The highest BCUT2D eigenvalue weighted by Gasteiger charge is 2.26. The first kappa shape index (κ1) is 16.9. The maximum atomic E-state index is 11.7. The molecule has 1 aliphatic rings. The fourth-order valence-electron chi connectivity index (χ4n) is 1.85. The molecule has 0 fully saturated rings. The maximum Gasteiger partial charge on any atom is 0.248 e. The number of amides is 2. The van der Waals surface area contributed by atoms with E-state index in [0.717, 1.165) is 0 Å². The maximum absolute atomic E-state index is 11.7. The monoisotopic (exact) mass is 312 g/mol. The first-order valence-electron chi connectivity index (χ1n) is 6.29. The molecule has 0 saturated carbocycles. The van der Waals surface area contributed by atoms with Gasteiger partial charge >= 0.3 is 0 Å². The molecule has 0 aliphatic carbocycles. The molecule has 1 unspecified atom stereocenters. The molecule has 114 valence electrons. The van der Waals surface area contributed by atoms with Crippen LogP contribution >= 0.6 is 12.4 Å². The lowest BCUT2D eigenvalue weighted by Crippen LogP contribution is -2.25. The van der Waals surface area contributed by atoms with Crippen molar-refractivity contribution in [1.29, 1.82) is 0 Å². The predicted octanol–water partition coefficient (Wildman–Crippen LogP) is 1.44. The van der Waals surface area contributed by atoms with E-state index in [0.29, 0.717) is 23.6 Å². The van der Waals surface area contributed by atoms with Crippen molar-refractivity contribution in [2.45, 2.75) is 26.7 Å². The van der Waals surface area contributed by atoms with E-state index < -0.39 is 0 Å². The third kappa shape index (κ3) is 4.42. The number of nitrogens with zero attached hydrogens (tertiary/aromatic N) is 2. The highest BCUT2D eigenvalue weighted by molar-refractivity contribution is 6.07. The molecule has 1 aliphatic heterocycles. The molecule has 2 N–H and O–H groups in total. The molecule has 0 radical (unpaired) electrons. The van der Waals surface area contributed by atoms with E-state index in [1.54, 1.807) is 26.0 Å². The third-order valence-corrected chi connectivity index (χ3v) is 3.05. The van der Waals surface area contributed by atoms with Crippen LogP contribution in [0.15, 0.2) is 33.0 Å². The Morgan fingerprint density at radius 2 is 2.33 bits per heavy atom. The Kier molecular flexibility index (Phi) is 6.10. The molecule has 2 heterocycles. The van der Waals surface area contributed by atoms with Crippen LogP contribution < -0.4 is 10.9 Å². The molecule has 0 aromatic carbocycles. The fraction of sp³-hybridized carbons (Fsp3) is 0.385. The lowest BCUT2D eigenvalue weighted by Gasteiger charge is -2.06. The third-order valence-electron chi connectivity index (χ3n) is 3.05. The number of furan rings is 1. The minimum absolute atomic E-state index is 0. The molecule has 0 saturated heterocycles. The molecule has 0 bridgehead atoms. The van der Waals surface area contributed by atoms with Crippen LogP contribution in [-0.4, -0.2) is 23.2 Å². The largest absolute Gasteiger partial charge is 0.463 e. The van der Waals surface area contributed by atoms with Gasteiger partial charge in [-0.15, -0.1) is 12.4 Å². The second kappa shape index (κ2) is 7.58. The molecular weight excluding hydrogens is 296 g/mol. The Bertz CT molecular complexity index is 566. The average Bonchev–Trinajstić information content (AvgIpc) is 3.05. The molecule has 2 amide bonds. The van der Waals surface area contributed by atoms with Gasteiger partial charge in [-0.05, 0) is 32.4 Å². The number of halogens is 1. The van der Waals surface area contributed by atoms with Crippen molar-refractivity contribution in [1.82, 2.24) is 10.9 Å². The standard InChI is InChI=1S/C13H16N4O3.ClH/c1-8-10(13(19)17-14-8)5-6-12(18)16-15-9(2)11-4-3-7-20-11;/h3-4,7,10H,5-6H2,1-2H3,(H,16,18)(H,17,19);1H. The van der Waals surface area contributed by atoms with Crippen molar-refractivity contribution < 1.29 is 14.0 Å². The van der Waals surface area contributed by atoms with Crippen molar-refractivity contribution in [3.63, 3.8) is 0 Å². The van der Waals surface area contributed by atoms with Crippen LogP contribution in [0.1, 0.15) is 32.4 Å². The van der Waals surface area contributed by atoms with Gasteiger partial charge in [0.15, 0.2) is 0 Å². The second-order valence-corrected chi connectivity index (χ2v) is 4.53. The molecule has 7 nitrogen and oxygen atoms in total. The summed E-state index contributed by atoms with van der Waals surface area (Å²) in [6, 6.07) is 3.50. The van der Waals surface area contributed by atoms with Crippen molar-refractivity contribution in [3.05, 3.63) is 24.2 Å². The van der Waals surface area contributed by atoms with Crippen molar-refractivity contribution in [3.8, 4) is 0 Å². The summed E-state index contributed by atoms with van der Waals surface area (Å²) in [5.41, 5.74) is 6.12. The summed E-state index contributed by atoms with van der Waals surface area (Å²) in [4.78, 5) is 23.1. The van der Waals surface area contributed by atoms with Gasteiger partial charge in [-0.2, -0.15) is 10.2 Å². The Morgan fingerprint density at radius 3 is 2.90 bits per heavy atom. The SMILES string of the molecule is CC(=NNC(=O)CCC1C(=O)NN=C1C)c1ccco1.Cl. The summed E-state index contributed by atoms with van der Waals surface area (Å²) in [5, 5.41) is 7.77. The van der Waals surface area contributed by atoms with Crippen LogP contribution in [0.25, 0.3) is 0 Å². The van der Waals surface area contributed by atoms with Gasteiger partial charge in [0.05, 0.1) is 12.2 Å². The van der Waals surface area contributed by atoms with Crippen LogP contribution in [0.4, 0.5) is 0 Å². The Labute approximate surface area is 128 Å². The first-order valence-corrected chi connectivity index (χ1v) is 6.29. The number of rotatable bonds is 5. The molecule has 8 heteroatoms.